The molecular weight excluding hydrogens is 464 g/mol. The summed E-state index contributed by atoms with van der Waals surface area (Å²) in [6, 6.07) is 2.90. The van der Waals surface area contributed by atoms with E-state index >= 15 is 0 Å². The molecule has 1 unspecified atom stereocenters. The molecule has 1 aliphatic heterocycles. The molecule has 1 atom stereocenters. The van der Waals surface area contributed by atoms with Crippen LogP contribution in [0.4, 0.5) is 19.4 Å². The van der Waals surface area contributed by atoms with Crippen LogP contribution >= 0.6 is 0 Å². The van der Waals surface area contributed by atoms with E-state index in [1.165, 1.54) is 30.8 Å². The van der Waals surface area contributed by atoms with Crippen LogP contribution in [0.1, 0.15) is 24.1 Å². The van der Waals surface area contributed by atoms with Crippen LogP contribution in [-0.4, -0.2) is 36.4 Å². The summed E-state index contributed by atoms with van der Waals surface area (Å²) in [5.41, 5.74) is 0.285. The van der Waals surface area contributed by atoms with Crippen LogP contribution in [0.5, 0.6) is 17.6 Å². The number of nitrogens with one attached hydrogen (secondary N) is 2. The number of anilines is 1. The zero-order chi connectivity index (χ0) is 23.8. The Kier molecular flexibility index (Phi) is 5.86. The average Bonchev–Trinajstić information content (AvgIpc) is 3.28. The van der Waals surface area contributed by atoms with Crippen LogP contribution in [0.2, 0.25) is 0 Å². The van der Waals surface area contributed by atoms with Gasteiger partial charge in [0.15, 0.2) is 23.2 Å². The molecule has 0 fully saturated rings. The van der Waals surface area contributed by atoms with Crippen LogP contribution in [0.15, 0.2) is 41.3 Å². The topological polar surface area (TPSA) is 136 Å². The van der Waals surface area contributed by atoms with Gasteiger partial charge in [0.05, 0.1) is 18.8 Å². The quantitative estimate of drug-likeness (QED) is 0.526. The number of oxazole rings is 1. The summed E-state index contributed by atoms with van der Waals surface area (Å²) in [6.45, 7) is 1.31. The standard InChI is InChI=1S/C19H17F2N5O6S/c1-10-12-7-13(20)15(31-18-24-5-6-30-18)8-14(12)32-19(27)26(10)9-11-3-4-23-17(16(11)21)25-33(28,29)22-2/h3-8,10,22H,9H2,1-2H3,(H,23,25). The molecule has 0 radical (unpaired) electrons. The van der Waals surface area contributed by atoms with Gasteiger partial charge in [0.1, 0.15) is 12.0 Å². The van der Waals surface area contributed by atoms with Gasteiger partial charge >= 0.3 is 12.2 Å². The fourth-order valence-corrected chi connectivity index (χ4v) is 3.62. The SMILES string of the molecule is CNS(=O)(=O)Nc1nccc(CN2C(=O)Oc3cc(Oc4ncco4)c(F)cc3C2C)c1F. The molecule has 0 spiro atoms. The number of halogens is 2. The van der Waals surface area contributed by atoms with Gasteiger partial charge in [-0.3, -0.25) is 9.62 Å². The number of amides is 1. The summed E-state index contributed by atoms with van der Waals surface area (Å²) >= 11 is 0. The van der Waals surface area contributed by atoms with Crippen molar-refractivity contribution in [3.63, 3.8) is 0 Å². The van der Waals surface area contributed by atoms with Gasteiger partial charge in [0.25, 0.3) is 10.2 Å². The summed E-state index contributed by atoms with van der Waals surface area (Å²) in [7, 11) is -2.86. The Bertz CT molecular complexity index is 1300. The van der Waals surface area contributed by atoms with Gasteiger partial charge in [0.2, 0.25) is 0 Å². The van der Waals surface area contributed by atoms with E-state index in [0.717, 1.165) is 18.0 Å². The van der Waals surface area contributed by atoms with Crippen LogP contribution in [-0.2, 0) is 16.8 Å². The molecule has 0 saturated carbocycles. The highest BCUT2D eigenvalue weighted by atomic mass is 32.2. The Hall–Kier alpha value is -3.78. The van der Waals surface area contributed by atoms with Crippen molar-refractivity contribution in [2.24, 2.45) is 0 Å². The molecule has 33 heavy (non-hydrogen) atoms. The minimum Gasteiger partial charge on any atom is -0.417 e. The minimum absolute atomic E-state index is 0.0321. The van der Waals surface area contributed by atoms with E-state index in [0.29, 0.717) is 5.56 Å². The molecule has 3 aromatic rings. The van der Waals surface area contributed by atoms with Gasteiger partial charge in [-0.25, -0.2) is 23.3 Å². The molecule has 4 rings (SSSR count). The van der Waals surface area contributed by atoms with Crippen molar-refractivity contribution < 1.29 is 35.9 Å². The number of nitrogens with zero attached hydrogens (tertiary/aromatic N) is 3. The predicted molar refractivity (Wildman–Crippen MR) is 109 cm³/mol. The lowest BCUT2D eigenvalue weighted by Gasteiger charge is -2.34. The van der Waals surface area contributed by atoms with Crippen LogP contribution in [0.25, 0.3) is 0 Å². The molecule has 174 valence electrons. The molecule has 2 aromatic heterocycles. The molecule has 0 saturated heterocycles. The van der Waals surface area contributed by atoms with E-state index in [2.05, 4.69) is 9.97 Å². The Morgan fingerprint density at radius 2 is 2.03 bits per heavy atom. The molecule has 1 aliphatic rings. The summed E-state index contributed by atoms with van der Waals surface area (Å²) < 4.78 is 72.1. The second kappa shape index (κ2) is 8.63. The molecule has 1 amide bonds. The van der Waals surface area contributed by atoms with Crippen molar-refractivity contribution in [2.75, 3.05) is 11.8 Å². The van der Waals surface area contributed by atoms with Gasteiger partial charge in [-0.15, -0.1) is 0 Å². The number of hydrogen-bond acceptors (Lipinski definition) is 8. The van der Waals surface area contributed by atoms with E-state index < -0.39 is 39.8 Å². The molecule has 11 nitrogen and oxygen atoms in total. The number of benzene rings is 1. The highest BCUT2D eigenvalue weighted by Crippen LogP contribution is 2.40. The monoisotopic (exact) mass is 481 g/mol. The van der Waals surface area contributed by atoms with Gasteiger partial charge in [-0.05, 0) is 19.1 Å². The Balaban J connectivity index is 1.60. The van der Waals surface area contributed by atoms with Gasteiger partial charge < -0.3 is 13.9 Å². The first-order chi connectivity index (χ1) is 15.7. The van der Waals surface area contributed by atoms with Crippen molar-refractivity contribution in [3.05, 3.63) is 59.6 Å². The number of aromatic nitrogens is 2. The number of carbonyl (C=O) groups is 1. The van der Waals surface area contributed by atoms with E-state index in [9.17, 15) is 22.0 Å². The molecular formula is C19H17F2N5O6S. The first-order valence-electron chi connectivity index (χ1n) is 9.42. The molecule has 0 aliphatic carbocycles. The fraction of sp³-hybridized carbons (Fsp3) is 0.211. The van der Waals surface area contributed by atoms with Crippen LogP contribution in [0.3, 0.4) is 0 Å². The van der Waals surface area contributed by atoms with Crippen LogP contribution in [0, 0.1) is 11.6 Å². The van der Waals surface area contributed by atoms with E-state index in [1.54, 1.807) is 6.92 Å². The summed E-state index contributed by atoms with van der Waals surface area (Å²) in [5.74, 6) is -2.46. The third-order valence-electron chi connectivity index (χ3n) is 4.83. The number of pyridine rings is 1. The molecule has 1 aromatic carbocycles. The van der Waals surface area contributed by atoms with Gasteiger partial charge in [0, 0.05) is 30.4 Å². The highest BCUT2D eigenvalue weighted by molar-refractivity contribution is 7.90. The van der Waals surface area contributed by atoms with Gasteiger partial charge in [-0.1, -0.05) is 0 Å². The second-order valence-electron chi connectivity index (χ2n) is 6.83. The maximum atomic E-state index is 14.9. The molecule has 2 N–H and O–H groups in total. The summed E-state index contributed by atoms with van der Waals surface area (Å²) in [6.07, 6.45) is 2.74. The van der Waals surface area contributed by atoms with E-state index in [-0.39, 0.29) is 29.7 Å². The number of carbonyl (C=O) groups excluding carboxylic acids is 1. The Labute approximate surface area is 186 Å². The first kappa shape index (κ1) is 22.4. The van der Waals surface area contributed by atoms with Crippen molar-refractivity contribution >= 4 is 22.1 Å². The number of ether oxygens (including phenoxy) is 2. The largest absolute Gasteiger partial charge is 0.417 e. The molecule has 3 heterocycles. The Morgan fingerprint density at radius 3 is 2.73 bits per heavy atom. The lowest BCUT2D eigenvalue weighted by Crippen LogP contribution is -2.39. The summed E-state index contributed by atoms with van der Waals surface area (Å²) in [5, 5.41) is 0. The lowest BCUT2D eigenvalue weighted by molar-refractivity contribution is 0.116. The average molecular weight is 481 g/mol. The third-order valence-corrected chi connectivity index (χ3v) is 5.83. The van der Waals surface area contributed by atoms with Crippen molar-refractivity contribution in [1.82, 2.24) is 19.6 Å². The van der Waals surface area contributed by atoms with Crippen molar-refractivity contribution in [1.29, 1.82) is 0 Å². The Morgan fingerprint density at radius 1 is 1.24 bits per heavy atom. The highest BCUT2D eigenvalue weighted by Gasteiger charge is 2.34. The van der Waals surface area contributed by atoms with E-state index in [4.69, 9.17) is 13.9 Å². The number of hydrogen-bond donors (Lipinski definition) is 2. The summed E-state index contributed by atoms with van der Waals surface area (Å²) in [4.78, 5) is 21.2. The second-order valence-corrected chi connectivity index (χ2v) is 8.45. The lowest BCUT2D eigenvalue weighted by atomic mass is 10.0. The fourth-order valence-electron chi connectivity index (χ4n) is 3.12. The predicted octanol–water partition coefficient (Wildman–Crippen LogP) is 3.09. The zero-order valence-corrected chi connectivity index (χ0v) is 18.0. The van der Waals surface area contributed by atoms with Crippen LogP contribution < -0.4 is 18.9 Å². The van der Waals surface area contributed by atoms with Crippen molar-refractivity contribution in [2.45, 2.75) is 19.5 Å². The molecule has 0 bridgehead atoms. The smallest absolute Gasteiger partial charge is 0.416 e. The number of fused-ring (bicyclic) bond motifs is 1. The van der Waals surface area contributed by atoms with E-state index in [1.807, 2.05) is 9.44 Å². The maximum Gasteiger partial charge on any atom is 0.416 e. The van der Waals surface area contributed by atoms with Crippen molar-refractivity contribution in [3.8, 4) is 17.6 Å². The normalized spacial score (nSPS) is 15.7. The molecule has 14 heteroatoms. The van der Waals surface area contributed by atoms with Gasteiger partial charge in [-0.2, -0.15) is 13.4 Å². The maximum absolute atomic E-state index is 14.9. The third kappa shape index (κ3) is 4.56. The number of rotatable bonds is 7. The zero-order valence-electron chi connectivity index (χ0n) is 17.2. The minimum atomic E-state index is -4.01. The first-order valence-corrected chi connectivity index (χ1v) is 10.9.